The molecule has 0 spiro atoms. The summed E-state index contributed by atoms with van der Waals surface area (Å²) in [6.45, 7) is 26.1. The van der Waals surface area contributed by atoms with Crippen molar-refractivity contribution in [2.75, 3.05) is 12.3 Å². The highest BCUT2D eigenvalue weighted by Gasteiger charge is 2.64. The smallest absolute Gasteiger partial charge is 0.414 e. The molecule has 4 atom stereocenters. The standard InChI is InChI=1S/C31H52F3N5O7SSi3/c1-18(2)49(19(3)4)42-16-22-25(45-50(46-49,20(5)6)21(7)8)26(44-47(40,41)31(32,33)34)29(43-22)39-23(14-15-48(12,13)30(9,10)11)38-24-27(35)36-17-37-28(24)39/h17-22,25-26,29H,16H2,1-13H3,(H2,35,36,37)/t22-,25-,26-,29-/m1/s1. The highest BCUT2D eigenvalue weighted by Crippen LogP contribution is 2.50. The largest absolute Gasteiger partial charge is 0.523 e. The van der Waals surface area contributed by atoms with Gasteiger partial charge in [0.1, 0.15) is 26.6 Å². The minimum Gasteiger partial charge on any atom is -0.414 e. The Kier molecular flexibility index (Phi) is 11.3. The van der Waals surface area contributed by atoms with Gasteiger partial charge in [0.15, 0.2) is 35.1 Å². The maximum Gasteiger partial charge on any atom is 0.523 e. The van der Waals surface area contributed by atoms with Crippen molar-refractivity contribution in [3.63, 3.8) is 0 Å². The van der Waals surface area contributed by atoms with Gasteiger partial charge in [-0.25, -0.2) is 15.0 Å². The van der Waals surface area contributed by atoms with E-state index in [0.717, 1.165) is 0 Å². The van der Waals surface area contributed by atoms with E-state index >= 15 is 0 Å². The number of nitrogens with two attached hydrogens (primary N) is 1. The molecule has 282 valence electrons. The number of halogens is 3. The summed E-state index contributed by atoms with van der Waals surface area (Å²) in [4.78, 5) is 13.0. The van der Waals surface area contributed by atoms with Crippen LogP contribution >= 0.6 is 0 Å². The third kappa shape index (κ3) is 7.20. The lowest BCUT2D eigenvalue weighted by molar-refractivity contribution is -0.0695. The first kappa shape index (κ1) is 40.9. The van der Waals surface area contributed by atoms with Crippen molar-refractivity contribution >= 4 is 52.3 Å². The zero-order chi connectivity index (χ0) is 38.0. The van der Waals surface area contributed by atoms with E-state index in [9.17, 15) is 21.6 Å². The highest BCUT2D eigenvalue weighted by molar-refractivity contribution is 7.87. The number of anilines is 1. The van der Waals surface area contributed by atoms with E-state index in [4.69, 9.17) is 27.6 Å². The van der Waals surface area contributed by atoms with Gasteiger partial charge in [0.05, 0.1) is 6.61 Å². The number of imidazole rings is 1. The molecule has 0 unspecified atom stereocenters. The first-order chi connectivity index (χ1) is 22.7. The van der Waals surface area contributed by atoms with Gasteiger partial charge in [-0.15, -0.1) is 5.54 Å². The van der Waals surface area contributed by atoms with Crippen molar-refractivity contribution < 1.29 is 43.5 Å². The summed E-state index contributed by atoms with van der Waals surface area (Å²) in [7, 11) is -15.0. The van der Waals surface area contributed by atoms with Crippen molar-refractivity contribution in [1.82, 2.24) is 19.5 Å². The fraction of sp³-hybridized carbons (Fsp3) is 0.774. The number of alkyl halides is 3. The van der Waals surface area contributed by atoms with Gasteiger partial charge in [-0.3, -0.25) is 8.75 Å². The zero-order valence-electron chi connectivity index (χ0n) is 31.2. The lowest BCUT2D eigenvalue weighted by atomic mass is 10.1. The van der Waals surface area contributed by atoms with Crippen molar-refractivity contribution in [3.05, 3.63) is 12.2 Å². The van der Waals surface area contributed by atoms with Gasteiger partial charge in [0, 0.05) is 0 Å². The van der Waals surface area contributed by atoms with Crippen LogP contribution in [0.2, 0.25) is 40.3 Å². The van der Waals surface area contributed by atoms with E-state index in [2.05, 4.69) is 60.3 Å². The summed E-state index contributed by atoms with van der Waals surface area (Å²) in [6, 6.07) is 0. The Morgan fingerprint density at radius 2 is 1.56 bits per heavy atom. The lowest BCUT2D eigenvalue weighted by Gasteiger charge is -2.51. The predicted octanol–water partition coefficient (Wildman–Crippen LogP) is 6.90. The Bertz CT molecular complexity index is 1720. The second-order valence-electron chi connectivity index (χ2n) is 15.9. The summed E-state index contributed by atoms with van der Waals surface area (Å²) in [5.41, 5.74) is 3.52. The molecule has 2 fully saturated rings. The summed E-state index contributed by atoms with van der Waals surface area (Å²) < 4.78 is 102. The Hall–Kier alpha value is -1.90. The summed E-state index contributed by atoms with van der Waals surface area (Å²) >= 11 is 0. The average molecular weight is 780 g/mol. The zero-order valence-corrected chi connectivity index (χ0v) is 35.0. The molecule has 0 aliphatic carbocycles. The van der Waals surface area contributed by atoms with E-state index in [-0.39, 0.29) is 56.6 Å². The molecule has 0 aromatic carbocycles. The van der Waals surface area contributed by atoms with Gasteiger partial charge in [-0.1, -0.05) is 89.3 Å². The second-order valence-corrected chi connectivity index (χ2v) is 31.4. The van der Waals surface area contributed by atoms with E-state index in [1.54, 1.807) is 0 Å². The summed E-state index contributed by atoms with van der Waals surface area (Å²) in [5.74, 6) is 3.17. The van der Waals surface area contributed by atoms with Gasteiger partial charge < -0.3 is 23.4 Å². The molecule has 2 aromatic heterocycles. The van der Waals surface area contributed by atoms with Gasteiger partial charge in [0.2, 0.25) is 0 Å². The Balaban J connectivity index is 2.03. The minimum atomic E-state index is -6.17. The molecular weight excluding hydrogens is 728 g/mol. The molecule has 4 rings (SSSR count). The van der Waals surface area contributed by atoms with Gasteiger partial charge in [-0.05, 0) is 33.1 Å². The highest BCUT2D eigenvalue weighted by atomic mass is 32.2. The van der Waals surface area contributed by atoms with Gasteiger partial charge in [-0.2, -0.15) is 21.6 Å². The van der Waals surface area contributed by atoms with Gasteiger partial charge in [0.25, 0.3) is 0 Å². The average Bonchev–Trinajstić information content (AvgIpc) is 3.47. The molecule has 0 radical (unpaired) electrons. The van der Waals surface area contributed by atoms with Crippen molar-refractivity contribution in [1.29, 1.82) is 0 Å². The van der Waals surface area contributed by atoms with Crippen LogP contribution in [0.4, 0.5) is 19.0 Å². The number of fused-ring (bicyclic) bond motifs is 2. The van der Waals surface area contributed by atoms with Crippen molar-refractivity contribution in [2.45, 2.75) is 147 Å². The summed E-state index contributed by atoms with van der Waals surface area (Å²) in [6.07, 6.45) is -4.69. The number of hydrogen-bond acceptors (Lipinski definition) is 11. The predicted molar refractivity (Wildman–Crippen MR) is 191 cm³/mol. The van der Waals surface area contributed by atoms with E-state index in [0.29, 0.717) is 0 Å². The van der Waals surface area contributed by atoms with Crippen LogP contribution in [-0.2, 0) is 32.0 Å². The SMILES string of the molecule is CC(C)[Si]1(C(C)C)OC[C@H]2O[C@@H](n3c(C#C[Si](C)(C)C(C)(C)C)nc4c(N)ncnc43)[C@H](OS(=O)(=O)C(F)(F)F)[C@@H]2O[Si](C(C)C)(C(C)C)O1. The lowest BCUT2D eigenvalue weighted by Crippen LogP contribution is -2.66. The van der Waals surface area contributed by atoms with E-state index in [1.807, 2.05) is 55.4 Å². The monoisotopic (exact) mass is 779 g/mol. The van der Waals surface area contributed by atoms with E-state index in [1.165, 1.54) is 10.9 Å². The molecule has 2 saturated heterocycles. The molecule has 4 heterocycles. The van der Waals surface area contributed by atoms with Crippen LogP contribution in [0.1, 0.15) is 88.2 Å². The second kappa shape index (κ2) is 13.8. The fourth-order valence-electron chi connectivity index (χ4n) is 6.29. The van der Waals surface area contributed by atoms with Crippen LogP contribution in [-0.4, -0.2) is 83.6 Å². The number of rotatable bonds is 7. The van der Waals surface area contributed by atoms with Crippen molar-refractivity contribution in [2.24, 2.45) is 0 Å². The minimum absolute atomic E-state index is 0.00260. The Morgan fingerprint density at radius 3 is 2.06 bits per heavy atom. The topological polar surface area (TPSA) is 150 Å². The van der Waals surface area contributed by atoms with Crippen LogP contribution < -0.4 is 5.73 Å². The Labute approximate surface area is 297 Å². The van der Waals surface area contributed by atoms with Crippen molar-refractivity contribution in [3.8, 4) is 11.5 Å². The van der Waals surface area contributed by atoms with Gasteiger partial charge >= 0.3 is 32.7 Å². The molecule has 0 saturated carbocycles. The quantitative estimate of drug-likeness (QED) is 0.135. The number of aromatic nitrogens is 4. The third-order valence-corrected chi connectivity index (χ3v) is 26.1. The van der Waals surface area contributed by atoms with Crippen LogP contribution in [0.5, 0.6) is 0 Å². The molecule has 2 aliphatic heterocycles. The van der Waals surface area contributed by atoms with Crippen LogP contribution in [0, 0.1) is 11.5 Å². The third-order valence-electron chi connectivity index (χ3n) is 10.3. The number of nitrogens with zero attached hydrogens (tertiary/aromatic N) is 4. The molecular formula is C31H52F3N5O7SSi3. The first-order valence-electron chi connectivity index (χ1n) is 16.9. The maximum atomic E-state index is 14.1. The fourth-order valence-corrected chi connectivity index (χ4v) is 18.9. The molecule has 12 nitrogen and oxygen atoms in total. The molecule has 2 aromatic rings. The van der Waals surface area contributed by atoms with Crippen LogP contribution in [0.15, 0.2) is 6.33 Å². The molecule has 0 amide bonds. The Morgan fingerprint density at radius 1 is 1.00 bits per heavy atom. The maximum absolute atomic E-state index is 14.1. The normalized spacial score (nSPS) is 24.8. The number of ether oxygens (including phenoxy) is 1. The number of hydrogen-bond donors (Lipinski definition) is 1. The first-order valence-corrected chi connectivity index (χ1v) is 25.3. The molecule has 2 N–H and O–H groups in total. The molecule has 50 heavy (non-hydrogen) atoms. The van der Waals surface area contributed by atoms with Crippen LogP contribution in [0.3, 0.4) is 0 Å². The molecule has 2 aliphatic rings. The van der Waals surface area contributed by atoms with E-state index < -0.39 is 65.4 Å². The molecule has 0 bridgehead atoms. The summed E-state index contributed by atoms with van der Waals surface area (Å²) in [5, 5.41) is -0.145. The molecule has 19 heteroatoms. The number of nitrogen functional groups attached to an aromatic ring is 1. The van der Waals surface area contributed by atoms with Crippen LogP contribution in [0.25, 0.3) is 11.2 Å².